The number of pyridine rings is 1. The van der Waals surface area contributed by atoms with E-state index in [9.17, 15) is 18.0 Å². The summed E-state index contributed by atoms with van der Waals surface area (Å²) in [6, 6.07) is 1.86. The molecule has 2 fully saturated rings. The van der Waals surface area contributed by atoms with E-state index in [1.54, 1.807) is 4.90 Å². The van der Waals surface area contributed by atoms with Crippen LogP contribution >= 0.6 is 0 Å². The van der Waals surface area contributed by atoms with Crippen LogP contribution in [-0.2, 0) is 22.1 Å². The van der Waals surface area contributed by atoms with E-state index in [-0.39, 0.29) is 24.1 Å². The summed E-state index contributed by atoms with van der Waals surface area (Å²) < 4.78 is 43.8. The van der Waals surface area contributed by atoms with Gasteiger partial charge in [0.1, 0.15) is 0 Å². The summed E-state index contributed by atoms with van der Waals surface area (Å²) in [5.41, 5.74) is -0.624. The summed E-state index contributed by atoms with van der Waals surface area (Å²) in [5.74, 6) is 0.321. The van der Waals surface area contributed by atoms with Crippen LogP contribution in [0.5, 0.6) is 0 Å². The first kappa shape index (κ1) is 16.2. The van der Waals surface area contributed by atoms with Crippen molar-refractivity contribution in [2.75, 3.05) is 19.7 Å². The van der Waals surface area contributed by atoms with Crippen LogP contribution in [-0.4, -0.2) is 41.6 Å². The molecule has 1 amide bonds. The van der Waals surface area contributed by atoms with Crippen LogP contribution < -0.4 is 0 Å². The van der Waals surface area contributed by atoms with Gasteiger partial charge in [-0.25, -0.2) is 0 Å². The highest BCUT2D eigenvalue weighted by Gasteiger charge is 2.34. The van der Waals surface area contributed by atoms with Crippen molar-refractivity contribution in [3.63, 3.8) is 0 Å². The molecule has 23 heavy (non-hydrogen) atoms. The number of nitrogens with zero attached hydrogens (tertiary/aromatic N) is 2. The SMILES string of the molecule is O=C(Cc1cc(C(F)(F)F)ccn1)N1CCOC(C2CCC2)C1. The molecular weight excluding hydrogens is 309 g/mol. The van der Waals surface area contributed by atoms with E-state index in [4.69, 9.17) is 4.74 Å². The largest absolute Gasteiger partial charge is 0.416 e. The molecule has 7 heteroatoms. The minimum atomic E-state index is -4.42. The summed E-state index contributed by atoms with van der Waals surface area (Å²) in [6.07, 6.45) is 0.0881. The molecule has 126 valence electrons. The molecule has 2 aliphatic rings. The maximum absolute atomic E-state index is 12.7. The Bertz CT molecular complexity index is 573. The second kappa shape index (κ2) is 6.47. The molecule has 3 rings (SSSR count). The minimum Gasteiger partial charge on any atom is -0.374 e. The van der Waals surface area contributed by atoms with Crippen molar-refractivity contribution in [2.45, 2.75) is 38.0 Å². The molecule has 0 N–H and O–H groups in total. The molecule has 1 unspecified atom stereocenters. The van der Waals surface area contributed by atoms with Crippen LogP contribution in [0, 0.1) is 5.92 Å². The Balaban J connectivity index is 1.62. The number of amides is 1. The number of alkyl halides is 3. The number of hydrogen-bond donors (Lipinski definition) is 0. The molecule has 0 aromatic carbocycles. The number of carbonyl (C=O) groups excluding carboxylic acids is 1. The van der Waals surface area contributed by atoms with Gasteiger partial charge in [-0.1, -0.05) is 6.42 Å². The minimum absolute atomic E-state index is 0.0657. The Morgan fingerprint density at radius 1 is 1.39 bits per heavy atom. The molecule has 1 aromatic heterocycles. The van der Waals surface area contributed by atoms with E-state index in [2.05, 4.69) is 4.98 Å². The first-order valence-corrected chi connectivity index (χ1v) is 7.85. The van der Waals surface area contributed by atoms with E-state index in [1.807, 2.05) is 0 Å². The highest BCUT2D eigenvalue weighted by atomic mass is 19.4. The zero-order valence-electron chi connectivity index (χ0n) is 12.7. The fraction of sp³-hybridized carbons (Fsp3) is 0.625. The number of halogens is 3. The van der Waals surface area contributed by atoms with Crippen LogP contribution in [0.2, 0.25) is 0 Å². The normalized spacial score (nSPS) is 22.7. The number of morpholine rings is 1. The average molecular weight is 328 g/mol. The Hall–Kier alpha value is -1.63. The van der Waals surface area contributed by atoms with Gasteiger partial charge in [0.25, 0.3) is 0 Å². The smallest absolute Gasteiger partial charge is 0.374 e. The summed E-state index contributed by atoms with van der Waals surface area (Å²) in [6.45, 7) is 1.51. The Morgan fingerprint density at radius 2 is 2.17 bits per heavy atom. The van der Waals surface area contributed by atoms with Gasteiger partial charge in [0.2, 0.25) is 5.91 Å². The molecule has 1 aliphatic carbocycles. The fourth-order valence-corrected chi connectivity index (χ4v) is 3.02. The highest BCUT2D eigenvalue weighted by molar-refractivity contribution is 5.78. The van der Waals surface area contributed by atoms with Gasteiger partial charge in [-0.2, -0.15) is 13.2 Å². The van der Waals surface area contributed by atoms with Crippen molar-refractivity contribution in [2.24, 2.45) is 5.92 Å². The highest BCUT2D eigenvalue weighted by Crippen LogP contribution is 2.33. The maximum atomic E-state index is 12.7. The lowest BCUT2D eigenvalue weighted by molar-refractivity contribution is -0.142. The predicted octanol–water partition coefficient (Wildman–Crippen LogP) is 2.67. The molecule has 4 nitrogen and oxygen atoms in total. The van der Waals surface area contributed by atoms with Gasteiger partial charge in [0.05, 0.1) is 30.4 Å². The molecule has 1 saturated carbocycles. The van der Waals surface area contributed by atoms with Crippen molar-refractivity contribution in [3.8, 4) is 0 Å². The Labute approximate surface area is 132 Å². The lowest BCUT2D eigenvalue weighted by Gasteiger charge is -2.40. The quantitative estimate of drug-likeness (QED) is 0.857. The van der Waals surface area contributed by atoms with Crippen LogP contribution in [0.1, 0.15) is 30.5 Å². The van der Waals surface area contributed by atoms with Gasteiger partial charge in [-0.3, -0.25) is 9.78 Å². The first-order chi connectivity index (χ1) is 10.9. The molecule has 1 atom stereocenters. The summed E-state index contributed by atoms with van der Waals surface area (Å²) in [5, 5.41) is 0. The summed E-state index contributed by atoms with van der Waals surface area (Å²) >= 11 is 0. The molecular formula is C16H19F3N2O2. The molecule has 0 radical (unpaired) electrons. The third kappa shape index (κ3) is 3.83. The second-order valence-corrected chi connectivity index (χ2v) is 6.15. The summed E-state index contributed by atoms with van der Waals surface area (Å²) in [4.78, 5) is 17.9. The average Bonchev–Trinajstić information content (AvgIpc) is 2.45. The lowest BCUT2D eigenvalue weighted by atomic mass is 9.80. The van der Waals surface area contributed by atoms with Crippen LogP contribution in [0.4, 0.5) is 13.2 Å². The zero-order chi connectivity index (χ0) is 16.4. The van der Waals surface area contributed by atoms with Crippen LogP contribution in [0.25, 0.3) is 0 Å². The van der Waals surface area contributed by atoms with Crippen LogP contribution in [0.3, 0.4) is 0 Å². The number of hydrogen-bond acceptors (Lipinski definition) is 3. The van der Waals surface area contributed by atoms with E-state index in [1.165, 1.54) is 6.42 Å². The van der Waals surface area contributed by atoms with E-state index in [0.717, 1.165) is 31.2 Å². The first-order valence-electron chi connectivity index (χ1n) is 7.85. The fourth-order valence-electron chi connectivity index (χ4n) is 3.02. The topological polar surface area (TPSA) is 42.4 Å². The van der Waals surface area contributed by atoms with E-state index in [0.29, 0.717) is 25.6 Å². The van der Waals surface area contributed by atoms with Crippen molar-refractivity contribution in [3.05, 3.63) is 29.6 Å². The van der Waals surface area contributed by atoms with Crippen LogP contribution in [0.15, 0.2) is 18.3 Å². The van der Waals surface area contributed by atoms with Gasteiger partial charge in [0, 0.05) is 19.3 Å². The molecule has 0 spiro atoms. The Kier molecular flexibility index (Phi) is 4.57. The predicted molar refractivity (Wildman–Crippen MR) is 76.6 cm³/mol. The third-order valence-corrected chi connectivity index (χ3v) is 4.60. The maximum Gasteiger partial charge on any atom is 0.416 e. The monoisotopic (exact) mass is 328 g/mol. The molecule has 1 aromatic rings. The number of rotatable bonds is 3. The Morgan fingerprint density at radius 3 is 2.83 bits per heavy atom. The number of aromatic nitrogens is 1. The van der Waals surface area contributed by atoms with Crippen molar-refractivity contribution in [1.29, 1.82) is 0 Å². The van der Waals surface area contributed by atoms with Crippen molar-refractivity contribution < 1.29 is 22.7 Å². The zero-order valence-corrected chi connectivity index (χ0v) is 12.7. The van der Waals surface area contributed by atoms with E-state index >= 15 is 0 Å². The van der Waals surface area contributed by atoms with Gasteiger partial charge in [0.15, 0.2) is 0 Å². The van der Waals surface area contributed by atoms with Gasteiger partial charge < -0.3 is 9.64 Å². The number of carbonyl (C=O) groups is 1. The summed E-state index contributed by atoms with van der Waals surface area (Å²) in [7, 11) is 0. The molecule has 0 bridgehead atoms. The lowest BCUT2D eigenvalue weighted by Crippen LogP contribution is -2.49. The third-order valence-electron chi connectivity index (χ3n) is 4.60. The molecule has 1 saturated heterocycles. The number of ether oxygens (including phenoxy) is 1. The van der Waals surface area contributed by atoms with Gasteiger partial charge >= 0.3 is 6.18 Å². The van der Waals surface area contributed by atoms with E-state index < -0.39 is 11.7 Å². The van der Waals surface area contributed by atoms with Gasteiger partial charge in [-0.15, -0.1) is 0 Å². The van der Waals surface area contributed by atoms with Crippen molar-refractivity contribution >= 4 is 5.91 Å². The van der Waals surface area contributed by atoms with Gasteiger partial charge in [-0.05, 0) is 30.9 Å². The molecule has 1 aliphatic heterocycles. The standard InChI is InChI=1S/C16H19F3N2O2/c17-16(18,19)12-4-5-20-13(8-12)9-15(22)21-6-7-23-14(10-21)11-2-1-3-11/h4-5,8,11,14H,1-3,6-7,9-10H2. The van der Waals surface area contributed by atoms with Crippen molar-refractivity contribution in [1.82, 2.24) is 9.88 Å². The molecule has 2 heterocycles. The second-order valence-electron chi connectivity index (χ2n) is 6.15.